The van der Waals surface area contributed by atoms with Gasteiger partial charge in [-0.2, -0.15) is 0 Å². The summed E-state index contributed by atoms with van der Waals surface area (Å²) >= 11 is 0. The van der Waals surface area contributed by atoms with Crippen molar-refractivity contribution in [2.45, 2.75) is 6.92 Å². The maximum atomic E-state index is 8.41. The molecule has 1 N–H and O–H groups in total. The minimum Gasteiger partial charge on any atom is -0.296 e. The molecule has 3 rings (SSSR count). The predicted molar refractivity (Wildman–Crippen MR) is 86.7 cm³/mol. The van der Waals surface area contributed by atoms with Gasteiger partial charge in [-0.15, -0.1) is 0 Å². The zero-order valence-electron chi connectivity index (χ0n) is 11.8. The summed E-state index contributed by atoms with van der Waals surface area (Å²) in [6.45, 7) is 5.74. The molecule has 0 atom stereocenters. The third-order valence-electron chi connectivity index (χ3n) is 3.47. The molecule has 0 aliphatic rings. The Labute approximate surface area is 123 Å². The first kappa shape index (κ1) is 13.2. The van der Waals surface area contributed by atoms with E-state index >= 15 is 0 Å². The van der Waals surface area contributed by atoms with Crippen LogP contribution >= 0.6 is 0 Å². The van der Waals surface area contributed by atoms with Crippen molar-refractivity contribution in [1.82, 2.24) is 9.97 Å². The second kappa shape index (κ2) is 5.29. The van der Waals surface area contributed by atoms with Gasteiger partial charge in [-0.25, -0.2) is 9.97 Å². The number of nitrogens with one attached hydrogen (secondary N) is 1. The van der Waals surface area contributed by atoms with E-state index in [4.69, 9.17) is 5.41 Å². The standard InChI is InChI=1S/C18H15N3/c1-3-13-8-4-5-10-15(13)17(19)18-20-12(2)14-9-6-7-11-16(14)21-18/h3-11,19H,1H2,2H3. The van der Waals surface area contributed by atoms with Gasteiger partial charge in [-0.05, 0) is 18.6 Å². The highest BCUT2D eigenvalue weighted by molar-refractivity contribution is 6.11. The summed E-state index contributed by atoms with van der Waals surface area (Å²) in [4.78, 5) is 9.00. The molecular formula is C18H15N3. The van der Waals surface area contributed by atoms with Gasteiger partial charge in [-0.3, -0.25) is 5.41 Å². The minimum absolute atomic E-state index is 0.319. The normalized spacial score (nSPS) is 10.5. The number of aryl methyl sites for hydroxylation is 1. The molecule has 0 bridgehead atoms. The predicted octanol–water partition coefficient (Wildman–Crippen LogP) is 4.00. The van der Waals surface area contributed by atoms with Gasteiger partial charge in [0.25, 0.3) is 0 Å². The van der Waals surface area contributed by atoms with Crippen molar-refractivity contribution < 1.29 is 0 Å². The SMILES string of the molecule is C=Cc1ccccc1C(=N)c1nc(C)c2ccccc2n1. The summed E-state index contributed by atoms with van der Waals surface area (Å²) in [5.41, 5.74) is 3.77. The number of rotatable bonds is 3. The summed E-state index contributed by atoms with van der Waals surface area (Å²) in [5, 5.41) is 9.43. The maximum absolute atomic E-state index is 8.41. The molecule has 3 heteroatoms. The van der Waals surface area contributed by atoms with Crippen LogP contribution in [0.25, 0.3) is 17.0 Å². The second-order valence-corrected chi connectivity index (χ2v) is 4.82. The van der Waals surface area contributed by atoms with Crippen LogP contribution in [0.5, 0.6) is 0 Å². The molecule has 102 valence electrons. The molecule has 1 aromatic heterocycles. The smallest absolute Gasteiger partial charge is 0.178 e. The fourth-order valence-electron chi connectivity index (χ4n) is 2.37. The lowest BCUT2D eigenvalue weighted by Gasteiger charge is -2.09. The van der Waals surface area contributed by atoms with Crippen molar-refractivity contribution in [3.05, 3.63) is 77.8 Å². The number of fused-ring (bicyclic) bond motifs is 1. The van der Waals surface area contributed by atoms with E-state index in [9.17, 15) is 0 Å². The lowest BCUT2D eigenvalue weighted by Crippen LogP contribution is -2.10. The molecule has 0 fully saturated rings. The van der Waals surface area contributed by atoms with Crippen LogP contribution in [-0.4, -0.2) is 15.7 Å². The van der Waals surface area contributed by atoms with Gasteiger partial charge < -0.3 is 0 Å². The minimum atomic E-state index is 0.319. The van der Waals surface area contributed by atoms with E-state index in [1.54, 1.807) is 6.08 Å². The van der Waals surface area contributed by atoms with Crippen LogP contribution in [0.15, 0.2) is 55.1 Å². The Hall–Kier alpha value is -2.81. The van der Waals surface area contributed by atoms with Crippen molar-refractivity contribution in [3.8, 4) is 0 Å². The number of hydrogen-bond acceptors (Lipinski definition) is 3. The molecule has 3 nitrogen and oxygen atoms in total. The molecule has 2 aromatic carbocycles. The average molecular weight is 273 g/mol. The number of aromatic nitrogens is 2. The fraction of sp³-hybridized carbons (Fsp3) is 0.0556. The lowest BCUT2D eigenvalue weighted by atomic mass is 10.0. The van der Waals surface area contributed by atoms with Gasteiger partial charge in [-0.1, -0.05) is 55.1 Å². The zero-order chi connectivity index (χ0) is 14.8. The topological polar surface area (TPSA) is 49.6 Å². The second-order valence-electron chi connectivity index (χ2n) is 4.82. The van der Waals surface area contributed by atoms with Crippen molar-refractivity contribution >= 4 is 22.7 Å². The van der Waals surface area contributed by atoms with E-state index in [0.29, 0.717) is 11.5 Å². The van der Waals surface area contributed by atoms with E-state index < -0.39 is 0 Å². The average Bonchev–Trinajstić information content (AvgIpc) is 2.54. The number of para-hydroxylation sites is 1. The van der Waals surface area contributed by atoms with E-state index in [-0.39, 0.29) is 0 Å². The van der Waals surface area contributed by atoms with Crippen LogP contribution < -0.4 is 0 Å². The molecule has 1 heterocycles. The van der Waals surface area contributed by atoms with Gasteiger partial charge in [0, 0.05) is 16.6 Å². The van der Waals surface area contributed by atoms with Gasteiger partial charge in [0.05, 0.1) is 5.52 Å². The fourth-order valence-corrected chi connectivity index (χ4v) is 2.37. The van der Waals surface area contributed by atoms with Gasteiger partial charge >= 0.3 is 0 Å². The largest absolute Gasteiger partial charge is 0.296 e. The van der Waals surface area contributed by atoms with Crippen LogP contribution in [0.4, 0.5) is 0 Å². The van der Waals surface area contributed by atoms with Crippen molar-refractivity contribution in [2.75, 3.05) is 0 Å². The Bertz CT molecular complexity index is 850. The van der Waals surface area contributed by atoms with Crippen LogP contribution in [-0.2, 0) is 0 Å². The maximum Gasteiger partial charge on any atom is 0.178 e. The molecule has 0 aliphatic heterocycles. The van der Waals surface area contributed by atoms with Crippen LogP contribution in [0, 0.1) is 12.3 Å². The van der Waals surface area contributed by atoms with Crippen molar-refractivity contribution in [1.29, 1.82) is 5.41 Å². The van der Waals surface area contributed by atoms with Gasteiger partial charge in [0.2, 0.25) is 0 Å². The highest BCUT2D eigenvalue weighted by Gasteiger charge is 2.13. The lowest BCUT2D eigenvalue weighted by molar-refractivity contribution is 1.11. The summed E-state index contributed by atoms with van der Waals surface area (Å²) < 4.78 is 0. The third-order valence-corrected chi connectivity index (χ3v) is 3.47. The van der Waals surface area contributed by atoms with Crippen LogP contribution in [0.3, 0.4) is 0 Å². The molecule has 0 unspecified atom stereocenters. The van der Waals surface area contributed by atoms with Crippen LogP contribution in [0.1, 0.15) is 22.6 Å². The highest BCUT2D eigenvalue weighted by atomic mass is 14.9. The Morgan fingerprint density at radius 1 is 1.05 bits per heavy atom. The third kappa shape index (κ3) is 2.34. The van der Waals surface area contributed by atoms with Crippen molar-refractivity contribution in [2.24, 2.45) is 0 Å². The summed E-state index contributed by atoms with van der Waals surface area (Å²) in [5.74, 6) is 0.445. The summed E-state index contributed by atoms with van der Waals surface area (Å²) in [7, 11) is 0. The number of benzene rings is 2. The van der Waals surface area contributed by atoms with Gasteiger partial charge in [0.15, 0.2) is 5.82 Å². The molecule has 21 heavy (non-hydrogen) atoms. The zero-order valence-corrected chi connectivity index (χ0v) is 11.8. The molecule has 0 spiro atoms. The van der Waals surface area contributed by atoms with Gasteiger partial charge in [0.1, 0.15) is 5.71 Å². The Morgan fingerprint density at radius 2 is 1.76 bits per heavy atom. The number of nitrogens with zero attached hydrogens (tertiary/aromatic N) is 2. The Balaban J connectivity index is 2.16. The summed E-state index contributed by atoms with van der Waals surface area (Å²) in [6, 6.07) is 15.5. The van der Waals surface area contributed by atoms with E-state index in [1.807, 2.05) is 55.5 Å². The first-order valence-corrected chi connectivity index (χ1v) is 6.75. The first-order chi connectivity index (χ1) is 10.2. The molecular weight excluding hydrogens is 258 g/mol. The molecule has 0 aliphatic carbocycles. The highest BCUT2D eigenvalue weighted by Crippen LogP contribution is 2.18. The summed E-state index contributed by atoms with van der Waals surface area (Å²) in [6.07, 6.45) is 1.75. The van der Waals surface area contributed by atoms with E-state index in [2.05, 4.69) is 16.5 Å². The van der Waals surface area contributed by atoms with E-state index in [0.717, 1.165) is 27.7 Å². The van der Waals surface area contributed by atoms with Crippen molar-refractivity contribution in [3.63, 3.8) is 0 Å². The molecule has 0 saturated carbocycles. The van der Waals surface area contributed by atoms with E-state index in [1.165, 1.54) is 0 Å². The first-order valence-electron chi connectivity index (χ1n) is 6.75. The molecule has 0 amide bonds. The molecule has 0 saturated heterocycles. The monoisotopic (exact) mass is 273 g/mol. The molecule has 3 aromatic rings. The Morgan fingerprint density at radius 3 is 2.57 bits per heavy atom. The Kier molecular flexibility index (Phi) is 3.32. The quantitative estimate of drug-likeness (QED) is 0.733. The van der Waals surface area contributed by atoms with Crippen LogP contribution in [0.2, 0.25) is 0 Å². The molecule has 0 radical (unpaired) electrons. The number of hydrogen-bond donors (Lipinski definition) is 1.